The van der Waals surface area contributed by atoms with Gasteiger partial charge >= 0.3 is 0 Å². The molecule has 0 spiro atoms. The zero-order valence-electron chi connectivity index (χ0n) is 13.2. The maximum atomic E-state index is 12.1. The SMILES string of the molecule is Cc1c(Cl)nc(C2CC2)nc1NC(C)C(=O)NC(C)(C)C. The fourth-order valence-corrected chi connectivity index (χ4v) is 2.09. The number of carbonyl (C=O) groups excluding carboxylic acids is 1. The Morgan fingerprint density at radius 1 is 1.33 bits per heavy atom. The predicted octanol–water partition coefficient (Wildman–Crippen LogP) is 3.03. The Kier molecular flexibility index (Phi) is 4.42. The van der Waals surface area contributed by atoms with Gasteiger partial charge in [0.05, 0.1) is 0 Å². The van der Waals surface area contributed by atoms with Gasteiger partial charge in [-0.05, 0) is 47.5 Å². The van der Waals surface area contributed by atoms with Gasteiger partial charge in [0, 0.05) is 17.0 Å². The summed E-state index contributed by atoms with van der Waals surface area (Å²) in [6.07, 6.45) is 2.22. The van der Waals surface area contributed by atoms with Crippen molar-refractivity contribution in [1.29, 1.82) is 0 Å². The van der Waals surface area contributed by atoms with Gasteiger partial charge in [-0.2, -0.15) is 0 Å². The van der Waals surface area contributed by atoms with E-state index in [0.29, 0.717) is 16.9 Å². The number of hydrogen-bond donors (Lipinski definition) is 2. The van der Waals surface area contributed by atoms with Crippen LogP contribution >= 0.6 is 11.6 Å². The summed E-state index contributed by atoms with van der Waals surface area (Å²) < 4.78 is 0. The van der Waals surface area contributed by atoms with Crippen LogP contribution in [0.2, 0.25) is 5.15 Å². The summed E-state index contributed by atoms with van der Waals surface area (Å²) in [6.45, 7) is 9.53. The molecule has 1 atom stereocenters. The fraction of sp³-hybridized carbons (Fsp3) is 0.667. The summed E-state index contributed by atoms with van der Waals surface area (Å²) in [5.41, 5.74) is 0.515. The van der Waals surface area contributed by atoms with E-state index in [1.165, 1.54) is 0 Å². The minimum Gasteiger partial charge on any atom is -0.358 e. The van der Waals surface area contributed by atoms with Crippen molar-refractivity contribution >= 4 is 23.3 Å². The normalized spacial score (nSPS) is 16.5. The number of hydrogen-bond acceptors (Lipinski definition) is 4. The molecule has 1 aromatic heterocycles. The number of nitrogens with zero attached hydrogens (tertiary/aromatic N) is 2. The van der Waals surface area contributed by atoms with Crippen LogP contribution in [0.1, 0.15) is 57.8 Å². The van der Waals surface area contributed by atoms with Crippen molar-refractivity contribution in [3.05, 3.63) is 16.5 Å². The van der Waals surface area contributed by atoms with E-state index in [4.69, 9.17) is 11.6 Å². The average molecular weight is 311 g/mol. The average Bonchev–Trinajstić information content (AvgIpc) is 3.16. The van der Waals surface area contributed by atoms with Crippen molar-refractivity contribution in [3.63, 3.8) is 0 Å². The highest BCUT2D eigenvalue weighted by Gasteiger charge is 2.28. The Bertz CT molecular complexity index is 549. The molecule has 1 aliphatic rings. The minimum atomic E-state index is -0.388. The van der Waals surface area contributed by atoms with E-state index in [1.54, 1.807) is 0 Å². The smallest absolute Gasteiger partial charge is 0.242 e. The predicted molar refractivity (Wildman–Crippen MR) is 84.7 cm³/mol. The number of amides is 1. The molecule has 116 valence electrons. The quantitative estimate of drug-likeness (QED) is 0.839. The van der Waals surface area contributed by atoms with Gasteiger partial charge in [0.15, 0.2) is 0 Å². The molecule has 1 aliphatic carbocycles. The van der Waals surface area contributed by atoms with Crippen molar-refractivity contribution in [3.8, 4) is 0 Å². The Hall–Kier alpha value is -1.36. The van der Waals surface area contributed by atoms with Crippen molar-refractivity contribution in [2.24, 2.45) is 0 Å². The molecule has 2 rings (SSSR count). The fourth-order valence-electron chi connectivity index (χ4n) is 1.92. The van der Waals surface area contributed by atoms with Crippen LogP contribution in [0.4, 0.5) is 5.82 Å². The largest absolute Gasteiger partial charge is 0.358 e. The van der Waals surface area contributed by atoms with E-state index in [2.05, 4.69) is 20.6 Å². The molecule has 0 radical (unpaired) electrons. The van der Waals surface area contributed by atoms with Crippen LogP contribution in [0, 0.1) is 6.92 Å². The Morgan fingerprint density at radius 2 is 1.95 bits per heavy atom. The lowest BCUT2D eigenvalue weighted by Gasteiger charge is -2.24. The second kappa shape index (κ2) is 5.79. The van der Waals surface area contributed by atoms with E-state index < -0.39 is 0 Å². The van der Waals surface area contributed by atoms with E-state index in [-0.39, 0.29) is 17.5 Å². The lowest BCUT2D eigenvalue weighted by atomic mass is 10.1. The van der Waals surface area contributed by atoms with Crippen LogP contribution in [0.15, 0.2) is 0 Å². The van der Waals surface area contributed by atoms with Gasteiger partial charge in [-0.1, -0.05) is 11.6 Å². The summed E-state index contributed by atoms with van der Waals surface area (Å²) in [7, 11) is 0. The van der Waals surface area contributed by atoms with Crippen molar-refractivity contribution in [2.45, 2.75) is 65.0 Å². The minimum absolute atomic E-state index is 0.0652. The van der Waals surface area contributed by atoms with Gasteiger partial charge in [0.25, 0.3) is 0 Å². The first-order valence-corrected chi connectivity index (χ1v) is 7.68. The summed E-state index contributed by atoms with van der Waals surface area (Å²) in [5.74, 6) is 1.77. The molecule has 0 aromatic carbocycles. The number of nitrogens with one attached hydrogen (secondary N) is 2. The number of anilines is 1. The second-order valence-corrected chi connectivity index (χ2v) is 7.08. The number of carbonyl (C=O) groups is 1. The molecule has 0 saturated heterocycles. The molecular formula is C15H23ClN4O. The molecule has 5 nitrogen and oxygen atoms in total. The highest BCUT2D eigenvalue weighted by Crippen LogP contribution is 2.39. The Morgan fingerprint density at radius 3 is 2.48 bits per heavy atom. The number of rotatable bonds is 4. The lowest BCUT2D eigenvalue weighted by molar-refractivity contribution is -0.122. The first-order valence-electron chi connectivity index (χ1n) is 7.30. The van der Waals surface area contributed by atoms with Gasteiger partial charge < -0.3 is 10.6 Å². The zero-order chi connectivity index (χ0) is 15.8. The first-order chi connectivity index (χ1) is 9.67. The molecule has 1 aromatic rings. The third-order valence-corrected chi connectivity index (χ3v) is 3.66. The molecule has 2 N–H and O–H groups in total. The molecule has 6 heteroatoms. The molecule has 1 fully saturated rings. The summed E-state index contributed by atoms with van der Waals surface area (Å²) >= 11 is 6.17. The van der Waals surface area contributed by atoms with E-state index in [0.717, 1.165) is 24.2 Å². The van der Waals surface area contributed by atoms with E-state index in [9.17, 15) is 4.79 Å². The Labute approximate surface area is 130 Å². The number of halogens is 1. The molecule has 1 heterocycles. The second-order valence-electron chi connectivity index (χ2n) is 6.73. The van der Waals surface area contributed by atoms with Crippen molar-refractivity contribution < 1.29 is 4.79 Å². The molecule has 21 heavy (non-hydrogen) atoms. The third-order valence-electron chi connectivity index (χ3n) is 3.29. The summed E-state index contributed by atoms with van der Waals surface area (Å²) in [5, 5.41) is 6.55. The lowest BCUT2D eigenvalue weighted by Crippen LogP contribution is -2.47. The van der Waals surface area contributed by atoms with Crippen LogP contribution < -0.4 is 10.6 Å². The molecule has 1 unspecified atom stereocenters. The molecule has 1 amide bonds. The molecule has 0 aliphatic heterocycles. The Balaban J connectivity index is 2.13. The van der Waals surface area contributed by atoms with Crippen LogP contribution in [0.5, 0.6) is 0 Å². The summed E-state index contributed by atoms with van der Waals surface area (Å²) in [4.78, 5) is 21.0. The highest BCUT2D eigenvalue weighted by atomic mass is 35.5. The maximum absolute atomic E-state index is 12.1. The van der Waals surface area contributed by atoms with Gasteiger partial charge in [-0.15, -0.1) is 0 Å². The monoisotopic (exact) mass is 310 g/mol. The van der Waals surface area contributed by atoms with Gasteiger partial charge in [0.2, 0.25) is 5.91 Å². The topological polar surface area (TPSA) is 66.9 Å². The van der Waals surface area contributed by atoms with Crippen LogP contribution in [0.25, 0.3) is 0 Å². The van der Waals surface area contributed by atoms with E-state index >= 15 is 0 Å². The highest BCUT2D eigenvalue weighted by molar-refractivity contribution is 6.30. The van der Waals surface area contributed by atoms with Gasteiger partial charge in [-0.3, -0.25) is 4.79 Å². The third kappa shape index (κ3) is 4.30. The van der Waals surface area contributed by atoms with Crippen LogP contribution in [0.3, 0.4) is 0 Å². The number of aromatic nitrogens is 2. The first kappa shape index (κ1) is 16.0. The van der Waals surface area contributed by atoms with Crippen LogP contribution in [-0.2, 0) is 4.79 Å². The zero-order valence-corrected chi connectivity index (χ0v) is 14.0. The van der Waals surface area contributed by atoms with Crippen molar-refractivity contribution in [2.75, 3.05) is 5.32 Å². The molecular weight excluding hydrogens is 288 g/mol. The van der Waals surface area contributed by atoms with E-state index in [1.807, 2.05) is 34.6 Å². The summed E-state index contributed by atoms with van der Waals surface area (Å²) in [6, 6.07) is -0.388. The van der Waals surface area contributed by atoms with Crippen molar-refractivity contribution in [1.82, 2.24) is 15.3 Å². The maximum Gasteiger partial charge on any atom is 0.242 e. The van der Waals surface area contributed by atoms with Gasteiger partial charge in [-0.25, -0.2) is 9.97 Å². The molecule has 1 saturated carbocycles. The standard InChI is InChI=1S/C15H23ClN4O/c1-8-11(16)18-13(10-6-7-10)19-12(8)17-9(2)14(21)20-15(3,4)5/h9-10H,6-7H2,1-5H3,(H,20,21)(H,17,18,19). The molecule has 0 bridgehead atoms. The van der Waals surface area contributed by atoms with Crippen LogP contribution in [-0.4, -0.2) is 27.5 Å². The van der Waals surface area contributed by atoms with Gasteiger partial charge in [0.1, 0.15) is 22.8 Å².